The third-order valence-corrected chi connectivity index (χ3v) is 6.41. The lowest BCUT2D eigenvalue weighted by Crippen LogP contribution is -2.43. The van der Waals surface area contributed by atoms with Crippen LogP contribution >= 0.6 is 0 Å². The van der Waals surface area contributed by atoms with Crippen LogP contribution in [0.15, 0.2) is 72.9 Å². The Morgan fingerprint density at radius 2 is 1.82 bits per heavy atom. The van der Waals surface area contributed by atoms with Gasteiger partial charge in [0, 0.05) is 43.1 Å². The number of aromatic nitrogens is 2. The fourth-order valence-corrected chi connectivity index (χ4v) is 4.37. The molecule has 1 aromatic heterocycles. The van der Waals surface area contributed by atoms with E-state index < -0.39 is 6.10 Å². The van der Waals surface area contributed by atoms with Gasteiger partial charge in [-0.3, -0.25) is 0 Å². The maximum Gasteiger partial charge on any atom is 0.229 e. The Bertz CT molecular complexity index is 1480. The second-order valence-corrected chi connectivity index (χ2v) is 9.03. The molecule has 9 nitrogen and oxygen atoms in total. The number of rotatable bonds is 8. The minimum Gasteiger partial charge on any atom is -0.503 e. The van der Waals surface area contributed by atoms with Crippen molar-refractivity contribution in [2.24, 2.45) is 0 Å². The second kappa shape index (κ2) is 11.7. The lowest BCUT2D eigenvalue weighted by Gasteiger charge is -2.29. The molecular formula is C29H28FN7O2. The highest BCUT2D eigenvalue weighted by Gasteiger charge is 2.18. The summed E-state index contributed by atoms with van der Waals surface area (Å²) in [6, 6.07) is 21.5. The van der Waals surface area contributed by atoms with E-state index in [1.54, 1.807) is 43.3 Å². The average Bonchev–Trinajstić information content (AvgIpc) is 2.96. The van der Waals surface area contributed by atoms with Gasteiger partial charge in [0.25, 0.3) is 0 Å². The van der Waals surface area contributed by atoms with E-state index in [0.717, 1.165) is 37.6 Å². The number of anilines is 5. The summed E-state index contributed by atoms with van der Waals surface area (Å²) in [6.45, 7) is 5.56. The summed E-state index contributed by atoms with van der Waals surface area (Å²) in [7, 11) is 0. The largest absolute Gasteiger partial charge is 0.503 e. The van der Waals surface area contributed by atoms with Crippen LogP contribution in [0.3, 0.4) is 0 Å². The van der Waals surface area contributed by atoms with Gasteiger partial charge in [-0.15, -0.1) is 0 Å². The number of hydrogen-bond acceptors (Lipinski definition) is 9. The molecule has 0 aliphatic carbocycles. The summed E-state index contributed by atoms with van der Waals surface area (Å²) < 4.78 is 20.2. The molecule has 1 atom stereocenters. The van der Waals surface area contributed by atoms with Crippen LogP contribution in [-0.2, 0) is 0 Å². The Morgan fingerprint density at radius 3 is 2.56 bits per heavy atom. The third kappa shape index (κ3) is 6.00. The molecule has 1 aliphatic rings. The van der Waals surface area contributed by atoms with Gasteiger partial charge in [-0.2, -0.15) is 10.2 Å². The number of nitriles is 1. The molecule has 0 saturated carbocycles. The zero-order valence-electron chi connectivity index (χ0n) is 21.4. The number of piperazine rings is 1. The van der Waals surface area contributed by atoms with E-state index in [9.17, 15) is 14.8 Å². The fraction of sp³-hybridized carbons (Fsp3) is 0.207. The van der Waals surface area contributed by atoms with Crippen molar-refractivity contribution in [3.8, 4) is 17.6 Å². The van der Waals surface area contributed by atoms with E-state index in [-0.39, 0.29) is 34.6 Å². The van der Waals surface area contributed by atoms with E-state index in [1.807, 2.05) is 24.3 Å². The van der Waals surface area contributed by atoms with E-state index in [2.05, 4.69) is 36.9 Å². The van der Waals surface area contributed by atoms with Gasteiger partial charge >= 0.3 is 0 Å². The first kappa shape index (κ1) is 25.8. The van der Waals surface area contributed by atoms with Gasteiger partial charge in [-0.05, 0) is 49.4 Å². The van der Waals surface area contributed by atoms with Gasteiger partial charge in [0.2, 0.25) is 5.95 Å². The number of hydrogen-bond donors (Lipinski definition) is 4. The topological polar surface area (TPSA) is 118 Å². The van der Waals surface area contributed by atoms with Crippen molar-refractivity contribution in [1.29, 1.82) is 5.26 Å². The highest BCUT2D eigenvalue weighted by Crippen LogP contribution is 2.34. The minimum absolute atomic E-state index is 0.112. The number of ether oxygens (including phenoxy) is 1. The highest BCUT2D eigenvalue weighted by atomic mass is 19.1. The monoisotopic (exact) mass is 525 g/mol. The van der Waals surface area contributed by atoms with Crippen LogP contribution in [0.5, 0.6) is 11.5 Å². The van der Waals surface area contributed by atoms with Crippen LogP contribution in [-0.4, -0.2) is 41.3 Å². The van der Waals surface area contributed by atoms with Crippen molar-refractivity contribution < 1.29 is 14.2 Å². The number of nitrogens with one attached hydrogen (secondary N) is 3. The van der Waals surface area contributed by atoms with E-state index in [0.29, 0.717) is 11.3 Å². The molecule has 4 aromatic rings. The van der Waals surface area contributed by atoms with Gasteiger partial charge in [0.05, 0.1) is 11.9 Å². The predicted octanol–water partition coefficient (Wildman–Crippen LogP) is 5.23. The summed E-state index contributed by atoms with van der Waals surface area (Å²) in [5.74, 6) is 0.0754. The van der Waals surface area contributed by atoms with Gasteiger partial charge in [-0.1, -0.05) is 24.3 Å². The Balaban J connectivity index is 1.32. The molecule has 2 heterocycles. The first-order valence-electron chi connectivity index (χ1n) is 12.6. The SMILES string of the molecule is C[C@H](Oc1cccc(Nc2nc(Nc3ccc(N4CCNCC4)cc3)ncc2O)c1C#N)c1ccccc1F. The molecule has 5 rings (SSSR count). The fourth-order valence-electron chi connectivity index (χ4n) is 4.37. The summed E-state index contributed by atoms with van der Waals surface area (Å²) >= 11 is 0. The number of benzene rings is 3. The third-order valence-electron chi connectivity index (χ3n) is 6.41. The molecular weight excluding hydrogens is 497 g/mol. The van der Waals surface area contributed by atoms with Gasteiger partial charge in [0.1, 0.15) is 29.3 Å². The Labute approximate surface area is 225 Å². The zero-order valence-corrected chi connectivity index (χ0v) is 21.4. The molecule has 0 radical (unpaired) electrons. The number of aromatic hydroxyl groups is 1. The Morgan fingerprint density at radius 1 is 1.05 bits per heavy atom. The van der Waals surface area contributed by atoms with Crippen LogP contribution < -0.4 is 25.6 Å². The number of halogens is 1. The van der Waals surface area contributed by atoms with Crippen LogP contribution in [0.1, 0.15) is 24.2 Å². The molecule has 4 N–H and O–H groups in total. The molecule has 1 saturated heterocycles. The van der Waals surface area contributed by atoms with Crippen molar-refractivity contribution in [3.63, 3.8) is 0 Å². The van der Waals surface area contributed by atoms with E-state index in [4.69, 9.17) is 4.74 Å². The maximum absolute atomic E-state index is 14.2. The van der Waals surface area contributed by atoms with Crippen LogP contribution in [0.2, 0.25) is 0 Å². The zero-order chi connectivity index (χ0) is 27.2. The molecule has 0 amide bonds. The van der Waals surface area contributed by atoms with E-state index in [1.165, 1.54) is 12.3 Å². The van der Waals surface area contributed by atoms with Crippen LogP contribution in [0, 0.1) is 17.1 Å². The Hall–Kier alpha value is -4.88. The first-order chi connectivity index (χ1) is 19.0. The molecule has 0 bridgehead atoms. The standard InChI is InChI=1S/C29H28FN7O2/c1-19(22-5-2-3-6-24(22)30)39-27-8-4-7-25(23(27)17-31)35-28-26(38)18-33-29(36-28)34-20-9-11-21(12-10-20)37-15-13-32-14-16-37/h2-12,18-19,32,38H,13-16H2,1H3,(H2,33,34,35,36)/t19-/m0/s1. The maximum atomic E-state index is 14.2. The molecule has 0 spiro atoms. The summed E-state index contributed by atoms with van der Waals surface area (Å²) in [5, 5.41) is 29.8. The molecule has 10 heteroatoms. The second-order valence-electron chi connectivity index (χ2n) is 9.03. The first-order valence-corrected chi connectivity index (χ1v) is 12.6. The normalized spacial score (nSPS) is 13.8. The molecule has 1 aliphatic heterocycles. The summed E-state index contributed by atoms with van der Waals surface area (Å²) in [5.41, 5.74) is 2.88. The quantitative estimate of drug-likeness (QED) is 0.245. The lowest BCUT2D eigenvalue weighted by atomic mass is 10.1. The lowest BCUT2D eigenvalue weighted by molar-refractivity contribution is 0.221. The van der Waals surface area contributed by atoms with Crippen LogP contribution in [0.4, 0.5) is 33.2 Å². The molecule has 39 heavy (non-hydrogen) atoms. The van der Waals surface area contributed by atoms with Crippen molar-refractivity contribution in [2.45, 2.75) is 13.0 Å². The van der Waals surface area contributed by atoms with Gasteiger partial charge < -0.3 is 30.7 Å². The smallest absolute Gasteiger partial charge is 0.229 e. The molecule has 0 unspecified atom stereocenters. The summed E-state index contributed by atoms with van der Waals surface area (Å²) in [6.07, 6.45) is 0.647. The van der Waals surface area contributed by atoms with Crippen LogP contribution in [0.25, 0.3) is 0 Å². The average molecular weight is 526 g/mol. The highest BCUT2D eigenvalue weighted by molar-refractivity contribution is 5.72. The molecule has 198 valence electrons. The van der Waals surface area contributed by atoms with Crippen molar-refractivity contribution >= 4 is 28.8 Å². The Kier molecular flexibility index (Phi) is 7.70. The van der Waals surface area contributed by atoms with Crippen molar-refractivity contribution in [1.82, 2.24) is 15.3 Å². The molecule has 1 fully saturated rings. The van der Waals surface area contributed by atoms with Gasteiger partial charge in [-0.25, -0.2) is 9.37 Å². The van der Waals surface area contributed by atoms with Gasteiger partial charge in [0.15, 0.2) is 11.6 Å². The number of nitrogens with zero attached hydrogens (tertiary/aromatic N) is 4. The molecule has 3 aromatic carbocycles. The predicted molar refractivity (Wildman–Crippen MR) is 148 cm³/mol. The van der Waals surface area contributed by atoms with Crippen molar-refractivity contribution in [2.75, 3.05) is 41.7 Å². The van der Waals surface area contributed by atoms with E-state index >= 15 is 0 Å². The van der Waals surface area contributed by atoms with Crippen molar-refractivity contribution in [3.05, 3.63) is 89.9 Å². The summed E-state index contributed by atoms with van der Waals surface area (Å²) in [4.78, 5) is 10.9. The minimum atomic E-state index is -0.630.